The Balaban J connectivity index is 4.07. The Bertz CT molecular complexity index is 172. The minimum Gasteiger partial charge on any atom is -0.384 e. The van der Waals surface area contributed by atoms with Crippen LogP contribution in [0.2, 0.25) is 0 Å². The number of primary amides is 1. The molecule has 2 unspecified atom stereocenters. The van der Waals surface area contributed by atoms with Crippen molar-refractivity contribution in [1.29, 1.82) is 0 Å². The highest BCUT2D eigenvalue weighted by Crippen LogP contribution is 2.04. The maximum Gasteiger partial charge on any atom is 0.234 e. The van der Waals surface area contributed by atoms with E-state index in [2.05, 4.69) is 19.2 Å². The molecule has 0 aromatic rings. The summed E-state index contributed by atoms with van der Waals surface area (Å²) in [7, 11) is 1.62. The number of amides is 1. The molecule has 4 nitrogen and oxygen atoms in total. The Morgan fingerprint density at radius 1 is 1.43 bits per heavy atom. The summed E-state index contributed by atoms with van der Waals surface area (Å²) in [6.45, 7) is 7.46. The molecule has 0 bridgehead atoms. The molecule has 0 aromatic carbocycles. The van der Waals surface area contributed by atoms with Gasteiger partial charge in [0.05, 0.1) is 12.6 Å². The summed E-state index contributed by atoms with van der Waals surface area (Å²) < 4.78 is 4.99. The van der Waals surface area contributed by atoms with E-state index in [9.17, 15) is 4.79 Å². The lowest BCUT2D eigenvalue weighted by molar-refractivity contribution is -0.121. The van der Waals surface area contributed by atoms with E-state index in [4.69, 9.17) is 10.5 Å². The van der Waals surface area contributed by atoms with E-state index in [1.807, 2.05) is 6.92 Å². The molecule has 0 aliphatic rings. The summed E-state index contributed by atoms with van der Waals surface area (Å²) in [5.74, 6) is 0.304. The maximum absolute atomic E-state index is 11.1. The molecule has 2 atom stereocenters. The number of hydrogen-bond acceptors (Lipinski definition) is 3. The van der Waals surface area contributed by atoms with E-state index in [0.717, 1.165) is 6.54 Å². The van der Waals surface area contributed by atoms with Crippen molar-refractivity contribution in [2.45, 2.75) is 26.8 Å². The lowest BCUT2D eigenvalue weighted by Gasteiger charge is -2.22. The summed E-state index contributed by atoms with van der Waals surface area (Å²) in [6, 6.07) is -0.294. The molecule has 0 rings (SSSR count). The zero-order chi connectivity index (χ0) is 11.1. The fraction of sp³-hybridized carbons (Fsp3) is 0.900. The van der Waals surface area contributed by atoms with Gasteiger partial charge in [-0.1, -0.05) is 20.8 Å². The molecule has 0 radical (unpaired) electrons. The van der Waals surface area contributed by atoms with Gasteiger partial charge < -0.3 is 15.8 Å². The second kappa shape index (κ2) is 6.79. The van der Waals surface area contributed by atoms with Gasteiger partial charge in [-0.05, 0) is 12.5 Å². The van der Waals surface area contributed by atoms with Crippen LogP contribution in [0.3, 0.4) is 0 Å². The Morgan fingerprint density at radius 2 is 2.00 bits per heavy atom. The first-order chi connectivity index (χ1) is 6.49. The molecule has 0 aliphatic heterocycles. The number of nitrogens with one attached hydrogen (secondary N) is 1. The van der Waals surface area contributed by atoms with Gasteiger partial charge in [-0.15, -0.1) is 0 Å². The third-order valence-electron chi connectivity index (χ3n) is 2.05. The fourth-order valence-electron chi connectivity index (χ4n) is 1.30. The molecule has 0 fully saturated rings. The van der Waals surface area contributed by atoms with Crippen molar-refractivity contribution >= 4 is 5.91 Å². The number of rotatable bonds is 7. The van der Waals surface area contributed by atoms with Gasteiger partial charge >= 0.3 is 0 Å². The van der Waals surface area contributed by atoms with Gasteiger partial charge in [-0.25, -0.2) is 0 Å². The number of carbonyl (C=O) groups excluding carboxylic acids is 1. The van der Waals surface area contributed by atoms with Crippen LogP contribution < -0.4 is 11.1 Å². The summed E-state index contributed by atoms with van der Waals surface area (Å²) in [4.78, 5) is 11.1. The van der Waals surface area contributed by atoms with Crippen LogP contribution in [0.5, 0.6) is 0 Å². The van der Waals surface area contributed by atoms with Gasteiger partial charge in [0.25, 0.3) is 0 Å². The molecule has 0 saturated heterocycles. The highest BCUT2D eigenvalue weighted by Gasteiger charge is 2.22. The molecule has 0 spiro atoms. The molecule has 0 saturated carbocycles. The molecule has 3 N–H and O–H groups in total. The summed E-state index contributed by atoms with van der Waals surface area (Å²) >= 11 is 0. The number of ether oxygens (including phenoxy) is 1. The molecule has 0 aromatic heterocycles. The highest BCUT2D eigenvalue weighted by atomic mass is 16.5. The van der Waals surface area contributed by atoms with Crippen molar-refractivity contribution in [2.24, 2.45) is 17.6 Å². The first-order valence-electron chi connectivity index (χ1n) is 5.00. The topological polar surface area (TPSA) is 64.3 Å². The van der Waals surface area contributed by atoms with Crippen molar-refractivity contribution < 1.29 is 9.53 Å². The number of methoxy groups -OCH3 is 1. The van der Waals surface area contributed by atoms with E-state index in [0.29, 0.717) is 12.5 Å². The predicted octanol–water partition coefficient (Wildman–Crippen LogP) is 0.368. The van der Waals surface area contributed by atoms with E-state index < -0.39 is 0 Å². The van der Waals surface area contributed by atoms with Crippen LogP contribution in [0, 0.1) is 11.8 Å². The van der Waals surface area contributed by atoms with Crippen LogP contribution in [-0.4, -0.2) is 32.2 Å². The van der Waals surface area contributed by atoms with Gasteiger partial charge in [-0.3, -0.25) is 4.79 Å². The average molecular weight is 202 g/mol. The van der Waals surface area contributed by atoms with Crippen molar-refractivity contribution in [1.82, 2.24) is 5.32 Å². The number of nitrogens with two attached hydrogens (primary N) is 1. The minimum atomic E-state index is -0.310. The van der Waals surface area contributed by atoms with Crippen LogP contribution in [0.4, 0.5) is 0 Å². The lowest BCUT2D eigenvalue weighted by Crippen LogP contribution is -2.48. The lowest BCUT2D eigenvalue weighted by atomic mass is 10.0. The molecule has 14 heavy (non-hydrogen) atoms. The summed E-state index contributed by atoms with van der Waals surface area (Å²) in [5, 5.41) is 3.15. The zero-order valence-corrected chi connectivity index (χ0v) is 9.54. The van der Waals surface area contributed by atoms with Crippen molar-refractivity contribution in [3.63, 3.8) is 0 Å². The fourth-order valence-corrected chi connectivity index (χ4v) is 1.30. The molecule has 0 heterocycles. The van der Waals surface area contributed by atoms with Crippen LogP contribution in [-0.2, 0) is 9.53 Å². The minimum absolute atomic E-state index is 0.108. The Morgan fingerprint density at radius 3 is 2.36 bits per heavy atom. The Kier molecular flexibility index (Phi) is 6.49. The van der Waals surface area contributed by atoms with Crippen molar-refractivity contribution in [3.05, 3.63) is 0 Å². The molecule has 84 valence electrons. The largest absolute Gasteiger partial charge is 0.384 e. The van der Waals surface area contributed by atoms with Crippen LogP contribution >= 0.6 is 0 Å². The summed E-state index contributed by atoms with van der Waals surface area (Å²) in [5.41, 5.74) is 5.30. The third-order valence-corrected chi connectivity index (χ3v) is 2.05. The van der Waals surface area contributed by atoms with E-state index >= 15 is 0 Å². The van der Waals surface area contributed by atoms with Crippen LogP contribution in [0.15, 0.2) is 0 Å². The predicted molar refractivity (Wildman–Crippen MR) is 56.9 cm³/mol. The zero-order valence-electron chi connectivity index (χ0n) is 9.54. The first kappa shape index (κ1) is 13.4. The molecule has 0 aliphatic carbocycles. The second-order valence-corrected chi connectivity index (χ2v) is 4.11. The Hall–Kier alpha value is -0.610. The SMILES string of the molecule is COCC(C)C(NCC(C)C)C(N)=O. The standard InChI is InChI=1S/C10H22N2O2/c1-7(2)5-12-9(10(11)13)8(3)6-14-4/h7-9,12H,5-6H2,1-4H3,(H2,11,13). The Labute approximate surface area is 86.2 Å². The molecule has 1 amide bonds. The van der Waals surface area contributed by atoms with E-state index in [1.54, 1.807) is 7.11 Å². The van der Waals surface area contributed by atoms with Gasteiger partial charge in [0.2, 0.25) is 5.91 Å². The normalized spacial score (nSPS) is 15.5. The van der Waals surface area contributed by atoms with Gasteiger partial charge in [-0.2, -0.15) is 0 Å². The van der Waals surface area contributed by atoms with Crippen LogP contribution in [0.1, 0.15) is 20.8 Å². The monoisotopic (exact) mass is 202 g/mol. The van der Waals surface area contributed by atoms with E-state index in [-0.39, 0.29) is 17.9 Å². The van der Waals surface area contributed by atoms with Crippen molar-refractivity contribution in [3.8, 4) is 0 Å². The third kappa shape index (κ3) is 5.19. The first-order valence-corrected chi connectivity index (χ1v) is 5.00. The maximum atomic E-state index is 11.1. The van der Waals surface area contributed by atoms with Crippen LogP contribution in [0.25, 0.3) is 0 Å². The van der Waals surface area contributed by atoms with Gasteiger partial charge in [0, 0.05) is 13.0 Å². The van der Waals surface area contributed by atoms with Crippen molar-refractivity contribution in [2.75, 3.05) is 20.3 Å². The van der Waals surface area contributed by atoms with Gasteiger partial charge in [0.15, 0.2) is 0 Å². The number of hydrogen-bond donors (Lipinski definition) is 2. The second-order valence-electron chi connectivity index (χ2n) is 4.11. The molecule has 4 heteroatoms. The molecular weight excluding hydrogens is 180 g/mol. The van der Waals surface area contributed by atoms with Gasteiger partial charge in [0.1, 0.15) is 0 Å². The molecular formula is C10H22N2O2. The van der Waals surface area contributed by atoms with E-state index in [1.165, 1.54) is 0 Å². The number of carbonyl (C=O) groups is 1. The summed E-state index contributed by atoms with van der Waals surface area (Å²) in [6.07, 6.45) is 0. The average Bonchev–Trinajstić information content (AvgIpc) is 2.03. The smallest absolute Gasteiger partial charge is 0.234 e. The highest BCUT2D eigenvalue weighted by molar-refractivity contribution is 5.80. The quantitative estimate of drug-likeness (QED) is 0.627.